The fourth-order valence-electron chi connectivity index (χ4n) is 2.09. The Hall–Kier alpha value is -2.24. The molecule has 0 unspecified atom stereocenters. The van der Waals surface area contributed by atoms with Gasteiger partial charge in [0, 0.05) is 12.7 Å². The lowest BCUT2D eigenvalue weighted by molar-refractivity contribution is -0.138. The van der Waals surface area contributed by atoms with Crippen LogP contribution in [0.15, 0.2) is 43.1 Å². The van der Waals surface area contributed by atoms with E-state index >= 15 is 0 Å². The van der Waals surface area contributed by atoms with Crippen molar-refractivity contribution in [2.45, 2.75) is 19.6 Å². The Morgan fingerprint density at radius 3 is 2.71 bits per heavy atom. The van der Waals surface area contributed by atoms with E-state index in [1.807, 2.05) is 0 Å². The Morgan fingerprint density at radius 1 is 1.33 bits per heavy atom. The van der Waals surface area contributed by atoms with E-state index in [0.29, 0.717) is 12.5 Å². The maximum absolute atomic E-state index is 13.0. The van der Waals surface area contributed by atoms with Gasteiger partial charge in [-0.2, -0.15) is 13.2 Å². The Bertz CT molecular complexity index is 629. The molecule has 0 saturated heterocycles. The SMILES string of the molecule is C=CCNc1nc(C)cn1Cc1ccccc1C(F)(F)F. The Morgan fingerprint density at radius 2 is 2.05 bits per heavy atom. The normalized spacial score (nSPS) is 11.4. The highest BCUT2D eigenvalue weighted by molar-refractivity contribution is 5.34. The zero-order valence-electron chi connectivity index (χ0n) is 11.6. The molecule has 112 valence electrons. The summed E-state index contributed by atoms with van der Waals surface area (Å²) in [7, 11) is 0. The van der Waals surface area contributed by atoms with Gasteiger partial charge in [-0.1, -0.05) is 24.3 Å². The molecular weight excluding hydrogens is 279 g/mol. The summed E-state index contributed by atoms with van der Waals surface area (Å²) < 4.78 is 40.7. The molecule has 0 atom stereocenters. The molecule has 0 amide bonds. The van der Waals surface area contributed by atoms with Crippen LogP contribution >= 0.6 is 0 Å². The van der Waals surface area contributed by atoms with Gasteiger partial charge in [0.2, 0.25) is 5.95 Å². The molecule has 0 bridgehead atoms. The van der Waals surface area contributed by atoms with Crippen LogP contribution in [0.3, 0.4) is 0 Å². The summed E-state index contributed by atoms with van der Waals surface area (Å²) in [5.41, 5.74) is 0.334. The van der Waals surface area contributed by atoms with Crippen LogP contribution in [0.4, 0.5) is 19.1 Å². The molecule has 2 aromatic rings. The molecule has 6 heteroatoms. The molecule has 0 radical (unpaired) electrons. The second kappa shape index (κ2) is 6.03. The Labute approximate surface area is 121 Å². The van der Waals surface area contributed by atoms with Crippen molar-refractivity contribution in [3.63, 3.8) is 0 Å². The van der Waals surface area contributed by atoms with Crippen LogP contribution in [-0.4, -0.2) is 16.1 Å². The molecule has 2 rings (SSSR count). The van der Waals surface area contributed by atoms with Crippen LogP contribution in [0.2, 0.25) is 0 Å². The first-order chi connectivity index (χ1) is 9.91. The quantitative estimate of drug-likeness (QED) is 0.849. The van der Waals surface area contributed by atoms with E-state index in [1.54, 1.807) is 29.8 Å². The van der Waals surface area contributed by atoms with Crippen molar-refractivity contribution in [2.24, 2.45) is 0 Å². The third kappa shape index (κ3) is 3.65. The topological polar surface area (TPSA) is 29.9 Å². The number of imidazole rings is 1. The van der Waals surface area contributed by atoms with E-state index in [1.165, 1.54) is 12.1 Å². The van der Waals surface area contributed by atoms with Gasteiger partial charge in [-0.25, -0.2) is 4.98 Å². The number of anilines is 1. The second-order valence-corrected chi connectivity index (χ2v) is 4.66. The number of nitrogens with one attached hydrogen (secondary N) is 1. The predicted molar refractivity (Wildman–Crippen MR) is 76.2 cm³/mol. The smallest absolute Gasteiger partial charge is 0.352 e. The van der Waals surface area contributed by atoms with E-state index in [-0.39, 0.29) is 12.1 Å². The van der Waals surface area contributed by atoms with Gasteiger partial charge in [0.05, 0.1) is 17.8 Å². The van der Waals surface area contributed by atoms with Crippen molar-refractivity contribution in [1.29, 1.82) is 0 Å². The van der Waals surface area contributed by atoms with Gasteiger partial charge in [0.25, 0.3) is 0 Å². The number of hydrogen-bond donors (Lipinski definition) is 1. The highest BCUT2D eigenvalue weighted by Gasteiger charge is 2.32. The van der Waals surface area contributed by atoms with Gasteiger partial charge in [-0.05, 0) is 18.6 Å². The van der Waals surface area contributed by atoms with Gasteiger partial charge in [-0.3, -0.25) is 0 Å². The number of halogens is 3. The average Bonchev–Trinajstić information content (AvgIpc) is 2.76. The largest absolute Gasteiger partial charge is 0.416 e. The van der Waals surface area contributed by atoms with Crippen molar-refractivity contribution in [1.82, 2.24) is 9.55 Å². The first-order valence-electron chi connectivity index (χ1n) is 6.45. The molecule has 1 N–H and O–H groups in total. The van der Waals surface area contributed by atoms with Crippen LogP contribution in [0.5, 0.6) is 0 Å². The van der Waals surface area contributed by atoms with Crippen molar-refractivity contribution in [3.8, 4) is 0 Å². The molecule has 0 aliphatic heterocycles. The van der Waals surface area contributed by atoms with E-state index in [0.717, 1.165) is 11.8 Å². The molecule has 1 heterocycles. The molecular formula is C15H16F3N3. The van der Waals surface area contributed by atoms with Crippen LogP contribution in [-0.2, 0) is 12.7 Å². The molecule has 0 spiro atoms. The van der Waals surface area contributed by atoms with Crippen LogP contribution in [0.1, 0.15) is 16.8 Å². The summed E-state index contributed by atoms with van der Waals surface area (Å²) in [4.78, 5) is 4.26. The minimum absolute atomic E-state index is 0.107. The van der Waals surface area contributed by atoms with Crippen LogP contribution < -0.4 is 5.32 Å². The van der Waals surface area contributed by atoms with Crippen molar-refractivity contribution < 1.29 is 13.2 Å². The van der Waals surface area contributed by atoms with Crippen molar-refractivity contribution in [3.05, 3.63) is 59.9 Å². The molecule has 0 fully saturated rings. The fourth-order valence-corrected chi connectivity index (χ4v) is 2.09. The van der Waals surface area contributed by atoms with E-state index in [4.69, 9.17) is 0 Å². The van der Waals surface area contributed by atoms with Gasteiger partial charge >= 0.3 is 6.18 Å². The predicted octanol–water partition coefficient (Wildman–Crippen LogP) is 3.86. The summed E-state index contributed by atoms with van der Waals surface area (Å²) in [5, 5.41) is 3.01. The summed E-state index contributed by atoms with van der Waals surface area (Å²) >= 11 is 0. The highest BCUT2D eigenvalue weighted by atomic mass is 19.4. The van der Waals surface area contributed by atoms with Gasteiger partial charge in [0.15, 0.2) is 0 Å². The third-order valence-corrected chi connectivity index (χ3v) is 2.96. The molecule has 0 aliphatic carbocycles. The van der Waals surface area contributed by atoms with Gasteiger partial charge in [-0.15, -0.1) is 6.58 Å². The molecule has 21 heavy (non-hydrogen) atoms. The van der Waals surface area contributed by atoms with Gasteiger partial charge in [0.1, 0.15) is 0 Å². The zero-order valence-corrected chi connectivity index (χ0v) is 11.6. The summed E-state index contributed by atoms with van der Waals surface area (Å²) in [6.07, 6.45) is -0.975. The van der Waals surface area contributed by atoms with E-state index in [2.05, 4.69) is 16.9 Å². The molecule has 0 saturated carbocycles. The summed E-state index contributed by atoms with van der Waals surface area (Å²) in [5.74, 6) is 0.532. The van der Waals surface area contributed by atoms with E-state index in [9.17, 15) is 13.2 Å². The van der Waals surface area contributed by atoms with Crippen molar-refractivity contribution in [2.75, 3.05) is 11.9 Å². The average molecular weight is 295 g/mol. The van der Waals surface area contributed by atoms with Crippen LogP contribution in [0.25, 0.3) is 0 Å². The number of nitrogens with zero attached hydrogens (tertiary/aromatic N) is 2. The highest BCUT2D eigenvalue weighted by Crippen LogP contribution is 2.32. The number of hydrogen-bond acceptors (Lipinski definition) is 2. The lowest BCUT2D eigenvalue weighted by Crippen LogP contribution is -2.13. The fraction of sp³-hybridized carbons (Fsp3) is 0.267. The number of alkyl halides is 3. The number of benzene rings is 1. The van der Waals surface area contributed by atoms with Crippen molar-refractivity contribution >= 4 is 5.95 Å². The standard InChI is InChI=1S/C15H16F3N3/c1-3-8-19-14-20-11(2)9-21(14)10-12-6-4-5-7-13(12)15(16,17)18/h3-7,9H,1,8,10H2,2H3,(H,19,20). The first-order valence-corrected chi connectivity index (χ1v) is 6.45. The van der Waals surface area contributed by atoms with E-state index < -0.39 is 11.7 Å². The minimum Gasteiger partial charge on any atom is -0.352 e. The number of rotatable bonds is 5. The van der Waals surface area contributed by atoms with Gasteiger partial charge < -0.3 is 9.88 Å². The maximum Gasteiger partial charge on any atom is 0.416 e. The lowest BCUT2D eigenvalue weighted by Gasteiger charge is -2.14. The molecule has 0 aliphatic rings. The third-order valence-electron chi connectivity index (χ3n) is 2.96. The van der Waals surface area contributed by atoms with Crippen LogP contribution in [0, 0.1) is 6.92 Å². The monoisotopic (exact) mass is 295 g/mol. The zero-order chi connectivity index (χ0) is 15.5. The first kappa shape index (κ1) is 15.2. The molecule has 1 aromatic heterocycles. The maximum atomic E-state index is 13.0. The number of aromatic nitrogens is 2. The second-order valence-electron chi connectivity index (χ2n) is 4.66. The molecule has 1 aromatic carbocycles. The minimum atomic E-state index is -4.36. The summed E-state index contributed by atoms with van der Waals surface area (Å²) in [6.45, 7) is 6.00. The summed E-state index contributed by atoms with van der Waals surface area (Å²) in [6, 6.07) is 5.57. The number of aryl methyl sites for hydroxylation is 1. The Kier molecular flexibility index (Phi) is 4.35. The Balaban J connectivity index is 2.32. The molecule has 3 nitrogen and oxygen atoms in total. The lowest BCUT2D eigenvalue weighted by atomic mass is 10.1.